The number of benzene rings is 2. The molecule has 1 unspecified atom stereocenters. The molecule has 5 heteroatoms. The van der Waals surface area contributed by atoms with E-state index >= 15 is 0 Å². The number of amides is 1. The molecule has 0 saturated heterocycles. The number of hydrogen-bond donors (Lipinski definition) is 0. The molecule has 3 rings (SSSR count). The van der Waals surface area contributed by atoms with Gasteiger partial charge in [0.15, 0.2) is 0 Å². The molecule has 1 amide bonds. The van der Waals surface area contributed by atoms with Crippen molar-refractivity contribution >= 4 is 17.5 Å². The van der Waals surface area contributed by atoms with Crippen LogP contribution in [0.25, 0.3) is 0 Å². The Kier molecular flexibility index (Phi) is 6.30. The molecular formula is C22H24ClN3O. The maximum Gasteiger partial charge on any atom is 0.223 e. The van der Waals surface area contributed by atoms with Gasteiger partial charge in [-0.3, -0.25) is 4.79 Å². The van der Waals surface area contributed by atoms with Crippen molar-refractivity contribution in [3.05, 3.63) is 89.0 Å². The lowest BCUT2D eigenvalue weighted by atomic mass is 9.88. The fourth-order valence-corrected chi connectivity index (χ4v) is 3.34. The summed E-state index contributed by atoms with van der Waals surface area (Å²) in [6.45, 7) is 3.41. The normalized spacial score (nSPS) is 12.0. The Hall–Kier alpha value is -2.59. The van der Waals surface area contributed by atoms with E-state index in [9.17, 15) is 4.79 Å². The molecule has 0 radical (unpaired) electrons. The van der Waals surface area contributed by atoms with E-state index in [2.05, 4.69) is 28.6 Å². The number of halogens is 1. The van der Waals surface area contributed by atoms with Crippen molar-refractivity contribution < 1.29 is 4.79 Å². The third kappa shape index (κ3) is 4.77. The van der Waals surface area contributed by atoms with E-state index < -0.39 is 0 Å². The number of aryl methyl sites for hydroxylation is 1. The SMILES string of the molecule is CCn1ccnc1CN(C)C(=O)CC(c1ccccc1)c1ccc(Cl)cc1. The fraction of sp³-hybridized carbons (Fsp3) is 0.273. The molecule has 1 heterocycles. The molecule has 2 aromatic carbocycles. The highest BCUT2D eigenvalue weighted by Crippen LogP contribution is 2.29. The monoisotopic (exact) mass is 381 g/mol. The summed E-state index contributed by atoms with van der Waals surface area (Å²) in [7, 11) is 1.83. The first-order valence-corrected chi connectivity index (χ1v) is 9.50. The van der Waals surface area contributed by atoms with Crippen LogP contribution in [0.15, 0.2) is 67.0 Å². The van der Waals surface area contributed by atoms with Crippen LogP contribution in [-0.2, 0) is 17.9 Å². The van der Waals surface area contributed by atoms with E-state index in [4.69, 9.17) is 11.6 Å². The molecule has 0 bridgehead atoms. The summed E-state index contributed by atoms with van der Waals surface area (Å²) in [6.07, 6.45) is 4.11. The number of carbonyl (C=O) groups is 1. The summed E-state index contributed by atoms with van der Waals surface area (Å²) < 4.78 is 2.05. The Morgan fingerprint density at radius 3 is 2.44 bits per heavy atom. The Morgan fingerprint density at radius 2 is 1.78 bits per heavy atom. The predicted octanol–water partition coefficient (Wildman–Crippen LogP) is 4.74. The van der Waals surface area contributed by atoms with Crippen LogP contribution in [0, 0.1) is 0 Å². The summed E-state index contributed by atoms with van der Waals surface area (Å²) in [4.78, 5) is 19.1. The molecule has 0 spiro atoms. The van der Waals surface area contributed by atoms with Gasteiger partial charge in [-0.15, -0.1) is 0 Å². The number of nitrogens with zero attached hydrogens (tertiary/aromatic N) is 3. The lowest BCUT2D eigenvalue weighted by Crippen LogP contribution is -2.29. The van der Waals surface area contributed by atoms with Crippen LogP contribution in [0.3, 0.4) is 0 Å². The van der Waals surface area contributed by atoms with Gasteiger partial charge in [-0.25, -0.2) is 4.98 Å². The topological polar surface area (TPSA) is 38.1 Å². The second kappa shape index (κ2) is 8.87. The van der Waals surface area contributed by atoms with E-state index in [0.29, 0.717) is 18.0 Å². The van der Waals surface area contributed by atoms with Crippen molar-refractivity contribution in [3.63, 3.8) is 0 Å². The van der Waals surface area contributed by atoms with Gasteiger partial charge in [-0.1, -0.05) is 54.1 Å². The van der Waals surface area contributed by atoms with Crippen LogP contribution in [0.1, 0.15) is 36.2 Å². The molecule has 0 saturated carbocycles. The van der Waals surface area contributed by atoms with E-state index in [1.54, 1.807) is 11.1 Å². The largest absolute Gasteiger partial charge is 0.338 e. The van der Waals surface area contributed by atoms with Gasteiger partial charge in [0.05, 0.1) is 6.54 Å². The molecule has 0 aliphatic carbocycles. The summed E-state index contributed by atoms with van der Waals surface area (Å²) in [5, 5.41) is 0.695. The third-order valence-electron chi connectivity index (χ3n) is 4.80. The van der Waals surface area contributed by atoms with Gasteiger partial charge in [0.25, 0.3) is 0 Å². The maximum absolute atomic E-state index is 13.0. The zero-order valence-electron chi connectivity index (χ0n) is 15.7. The standard InChI is InChI=1S/C22H24ClN3O/c1-3-26-14-13-24-21(26)16-25(2)22(27)15-20(17-7-5-4-6-8-17)18-9-11-19(23)12-10-18/h4-14,20H,3,15-16H2,1-2H3. The van der Waals surface area contributed by atoms with E-state index in [0.717, 1.165) is 23.5 Å². The Morgan fingerprint density at radius 1 is 1.11 bits per heavy atom. The number of hydrogen-bond acceptors (Lipinski definition) is 2. The van der Waals surface area contributed by atoms with Gasteiger partial charge in [0.1, 0.15) is 5.82 Å². The molecule has 0 aliphatic rings. The first kappa shape index (κ1) is 19.2. The Labute approximate surface area is 165 Å². The second-order valence-corrected chi connectivity index (χ2v) is 7.03. The zero-order chi connectivity index (χ0) is 19.2. The Balaban J connectivity index is 1.79. The van der Waals surface area contributed by atoms with Gasteiger partial charge < -0.3 is 9.47 Å². The van der Waals surface area contributed by atoms with Crippen molar-refractivity contribution in [2.75, 3.05) is 7.05 Å². The predicted molar refractivity (Wildman–Crippen MR) is 109 cm³/mol. The van der Waals surface area contributed by atoms with Crippen LogP contribution >= 0.6 is 11.6 Å². The molecule has 0 fully saturated rings. The third-order valence-corrected chi connectivity index (χ3v) is 5.05. The molecule has 27 heavy (non-hydrogen) atoms. The van der Waals surface area contributed by atoms with Gasteiger partial charge in [0.2, 0.25) is 5.91 Å². The molecule has 0 N–H and O–H groups in total. The summed E-state index contributed by atoms with van der Waals surface area (Å²) in [5.41, 5.74) is 2.21. The maximum atomic E-state index is 13.0. The van der Waals surface area contributed by atoms with Crippen LogP contribution in [-0.4, -0.2) is 27.4 Å². The number of rotatable bonds is 7. The molecule has 3 aromatic rings. The molecule has 4 nitrogen and oxygen atoms in total. The highest BCUT2D eigenvalue weighted by Gasteiger charge is 2.21. The van der Waals surface area contributed by atoms with Crippen LogP contribution in [0.2, 0.25) is 5.02 Å². The average molecular weight is 382 g/mol. The number of carbonyl (C=O) groups excluding carboxylic acids is 1. The quantitative estimate of drug-likeness (QED) is 0.593. The lowest BCUT2D eigenvalue weighted by Gasteiger charge is -2.22. The van der Waals surface area contributed by atoms with Crippen molar-refractivity contribution in [2.45, 2.75) is 32.4 Å². The van der Waals surface area contributed by atoms with Gasteiger partial charge >= 0.3 is 0 Å². The molecule has 1 atom stereocenters. The van der Waals surface area contributed by atoms with Gasteiger partial charge in [0, 0.05) is 43.3 Å². The first-order chi connectivity index (χ1) is 13.1. The second-order valence-electron chi connectivity index (χ2n) is 6.60. The lowest BCUT2D eigenvalue weighted by molar-refractivity contribution is -0.130. The summed E-state index contributed by atoms with van der Waals surface area (Å²) >= 11 is 6.04. The minimum absolute atomic E-state index is 0.00987. The van der Waals surface area contributed by atoms with E-state index in [1.807, 2.05) is 55.7 Å². The zero-order valence-corrected chi connectivity index (χ0v) is 16.4. The molecule has 1 aromatic heterocycles. The van der Waals surface area contributed by atoms with Crippen molar-refractivity contribution in [1.29, 1.82) is 0 Å². The smallest absolute Gasteiger partial charge is 0.223 e. The Bertz CT molecular complexity index is 874. The minimum atomic E-state index is -0.00987. The minimum Gasteiger partial charge on any atom is -0.338 e. The summed E-state index contributed by atoms with van der Waals surface area (Å²) in [6, 6.07) is 17.9. The molecular weight excluding hydrogens is 358 g/mol. The van der Waals surface area contributed by atoms with Crippen LogP contribution in [0.4, 0.5) is 0 Å². The number of aromatic nitrogens is 2. The average Bonchev–Trinajstić information content (AvgIpc) is 3.14. The number of imidazole rings is 1. The van der Waals surface area contributed by atoms with Gasteiger partial charge in [-0.2, -0.15) is 0 Å². The first-order valence-electron chi connectivity index (χ1n) is 9.13. The molecule has 140 valence electrons. The molecule has 0 aliphatic heterocycles. The van der Waals surface area contributed by atoms with Crippen LogP contribution in [0.5, 0.6) is 0 Å². The van der Waals surface area contributed by atoms with Crippen molar-refractivity contribution in [2.24, 2.45) is 0 Å². The van der Waals surface area contributed by atoms with Crippen LogP contribution < -0.4 is 0 Å². The van der Waals surface area contributed by atoms with Crippen molar-refractivity contribution in [3.8, 4) is 0 Å². The highest BCUT2D eigenvalue weighted by molar-refractivity contribution is 6.30. The van der Waals surface area contributed by atoms with E-state index in [-0.39, 0.29) is 11.8 Å². The van der Waals surface area contributed by atoms with E-state index in [1.165, 1.54) is 0 Å². The highest BCUT2D eigenvalue weighted by atomic mass is 35.5. The van der Waals surface area contributed by atoms with Gasteiger partial charge in [-0.05, 0) is 30.2 Å². The fourth-order valence-electron chi connectivity index (χ4n) is 3.22. The van der Waals surface area contributed by atoms with Crippen molar-refractivity contribution in [1.82, 2.24) is 14.5 Å². The summed E-state index contributed by atoms with van der Waals surface area (Å²) in [5.74, 6) is 0.977.